The molecule has 0 aliphatic carbocycles. The molecule has 5 nitrogen and oxygen atoms in total. The van der Waals surface area contributed by atoms with Crippen LogP contribution in [0.5, 0.6) is 0 Å². The minimum absolute atomic E-state index is 0.181. The Bertz CT molecular complexity index is 513. The summed E-state index contributed by atoms with van der Waals surface area (Å²) in [7, 11) is -3.05. The lowest BCUT2D eigenvalue weighted by Gasteiger charge is -2.33. The van der Waals surface area contributed by atoms with Gasteiger partial charge >= 0.3 is 0 Å². The molecule has 2 rings (SSSR count). The van der Waals surface area contributed by atoms with Crippen LogP contribution < -0.4 is 5.73 Å². The zero-order valence-corrected chi connectivity index (χ0v) is 12.7. The number of nitrogens with two attached hydrogens (primary N) is 1. The average molecular weight is 304 g/mol. The molecule has 2 N–H and O–H groups in total. The molecule has 19 heavy (non-hydrogen) atoms. The minimum Gasteiger partial charge on any atom is -0.468 e. The summed E-state index contributed by atoms with van der Waals surface area (Å²) >= 11 is 1.70. The second kappa shape index (κ2) is 6.30. The first-order chi connectivity index (χ1) is 9.06. The van der Waals surface area contributed by atoms with Crippen LogP contribution in [0.4, 0.5) is 0 Å². The van der Waals surface area contributed by atoms with E-state index < -0.39 is 15.2 Å². The van der Waals surface area contributed by atoms with Gasteiger partial charge in [0, 0.05) is 35.9 Å². The van der Waals surface area contributed by atoms with Gasteiger partial charge in [0.1, 0.15) is 11.1 Å². The normalized spacial score (nSPS) is 21.7. The molecule has 7 heteroatoms. The average Bonchev–Trinajstić information content (AvgIpc) is 2.87. The summed E-state index contributed by atoms with van der Waals surface area (Å²) in [5.74, 6) is 2.56. The molecule has 1 saturated heterocycles. The summed E-state index contributed by atoms with van der Waals surface area (Å²) in [5, 5.41) is -0.400. The highest BCUT2D eigenvalue weighted by atomic mass is 32.2. The Labute approximate surface area is 118 Å². The van der Waals surface area contributed by atoms with E-state index in [0.29, 0.717) is 18.8 Å². The van der Waals surface area contributed by atoms with E-state index in [-0.39, 0.29) is 5.75 Å². The fourth-order valence-electron chi connectivity index (χ4n) is 2.14. The molecule has 1 atom stereocenters. The van der Waals surface area contributed by atoms with Crippen molar-refractivity contribution in [3.63, 3.8) is 0 Å². The lowest BCUT2D eigenvalue weighted by molar-refractivity contribution is 0.240. The maximum atomic E-state index is 12.1. The van der Waals surface area contributed by atoms with Crippen LogP contribution in [0, 0.1) is 0 Å². The van der Waals surface area contributed by atoms with E-state index in [0.717, 1.165) is 23.6 Å². The monoisotopic (exact) mass is 304 g/mol. The van der Waals surface area contributed by atoms with Gasteiger partial charge in [-0.3, -0.25) is 4.90 Å². The molecular weight excluding hydrogens is 284 g/mol. The van der Waals surface area contributed by atoms with Crippen molar-refractivity contribution in [1.29, 1.82) is 0 Å². The molecule has 0 bridgehead atoms. The van der Waals surface area contributed by atoms with Crippen LogP contribution in [0.25, 0.3) is 0 Å². The lowest BCUT2D eigenvalue weighted by Crippen LogP contribution is -2.47. The first-order valence-corrected chi connectivity index (χ1v) is 9.23. The predicted molar refractivity (Wildman–Crippen MR) is 77.6 cm³/mol. The van der Waals surface area contributed by atoms with Crippen LogP contribution in [0.1, 0.15) is 18.2 Å². The summed E-state index contributed by atoms with van der Waals surface area (Å²) in [6.07, 6.45) is 1.64. The van der Waals surface area contributed by atoms with Crippen molar-refractivity contribution in [2.24, 2.45) is 5.73 Å². The van der Waals surface area contributed by atoms with Gasteiger partial charge in [-0.05, 0) is 6.07 Å². The fraction of sp³-hybridized carbons (Fsp3) is 0.667. The highest BCUT2D eigenvalue weighted by Crippen LogP contribution is 2.23. The molecule has 2 heterocycles. The van der Waals surface area contributed by atoms with Gasteiger partial charge in [0.15, 0.2) is 9.84 Å². The van der Waals surface area contributed by atoms with E-state index >= 15 is 0 Å². The third-order valence-corrected chi connectivity index (χ3v) is 6.64. The number of hydrogen-bond donors (Lipinski definition) is 1. The topological polar surface area (TPSA) is 76.5 Å². The maximum absolute atomic E-state index is 12.1. The standard InChI is InChI=1S/C12H20N2O3S2/c1-2-19(15,16)12-9-18-4-3-14(12)7-11-5-10(6-13)8-17-11/h5,8,12H,2-4,6-7,9,13H2,1H3. The van der Waals surface area contributed by atoms with Crippen LogP contribution in [0.15, 0.2) is 16.7 Å². The van der Waals surface area contributed by atoms with Gasteiger partial charge in [-0.1, -0.05) is 6.92 Å². The maximum Gasteiger partial charge on any atom is 0.166 e. The van der Waals surface area contributed by atoms with Crippen molar-refractivity contribution in [3.05, 3.63) is 23.7 Å². The van der Waals surface area contributed by atoms with E-state index in [9.17, 15) is 8.42 Å². The van der Waals surface area contributed by atoms with E-state index in [2.05, 4.69) is 0 Å². The molecule has 1 aliphatic heterocycles. The Balaban J connectivity index is 2.11. The summed E-state index contributed by atoms with van der Waals surface area (Å²) in [4.78, 5) is 1.99. The van der Waals surface area contributed by atoms with Crippen LogP contribution in [-0.2, 0) is 22.9 Å². The molecule has 1 aromatic rings. The molecule has 1 aliphatic rings. The molecule has 1 aromatic heterocycles. The lowest BCUT2D eigenvalue weighted by atomic mass is 10.3. The summed E-state index contributed by atoms with van der Waals surface area (Å²) in [6, 6.07) is 1.90. The first kappa shape index (κ1) is 14.9. The van der Waals surface area contributed by atoms with E-state index in [1.807, 2.05) is 11.0 Å². The molecule has 0 amide bonds. The molecule has 0 radical (unpaired) electrons. The van der Waals surface area contributed by atoms with Gasteiger partial charge in [0.05, 0.1) is 12.8 Å². The molecule has 0 aromatic carbocycles. The van der Waals surface area contributed by atoms with Gasteiger partial charge in [-0.2, -0.15) is 11.8 Å². The van der Waals surface area contributed by atoms with E-state index in [4.69, 9.17) is 10.2 Å². The van der Waals surface area contributed by atoms with Crippen molar-refractivity contribution in [3.8, 4) is 0 Å². The molecular formula is C12H20N2O3S2. The number of sulfone groups is 1. The van der Waals surface area contributed by atoms with Crippen molar-refractivity contribution in [1.82, 2.24) is 4.90 Å². The minimum atomic E-state index is -3.05. The second-order valence-electron chi connectivity index (χ2n) is 4.58. The van der Waals surface area contributed by atoms with Crippen LogP contribution in [0.3, 0.4) is 0 Å². The molecule has 0 spiro atoms. The van der Waals surface area contributed by atoms with E-state index in [1.54, 1.807) is 24.9 Å². The Morgan fingerprint density at radius 2 is 2.37 bits per heavy atom. The number of nitrogens with zero attached hydrogens (tertiary/aromatic N) is 1. The Morgan fingerprint density at radius 3 is 3.00 bits per heavy atom. The van der Waals surface area contributed by atoms with Gasteiger partial charge in [0.25, 0.3) is 0 Å². The molecule has 108 valence electrons. The van der Waals surface area contributed by atoms with Crippen molar-refractivity contribution >= 4 is 21.6 Å². The smallest absolute Gasteiger partial charge is 0.166 e. The zero-order chi connectivity index (χ0) is 13.9. The fourth-order valence-corrected chi connectivity index (χ4v) is 5.22. The quantitative estimate of drug-likeness (QED) is 0.876. The van der Waals surface area contributed by atoms with Gasteiger partial charge in [-0.25, -0.2) is 8.42 Å². The largest absolute Gasteiger partial charge is 0.468 e. The Hall–Kier alpha value is -0.500. The van der Waals surface area contributed by atoms with Crippen LogP contribution >= 0.6 is 11.8 Å². The predicted octanol–water partition coefficient (Wildman–Crippen LogP) is 1.05. The van der Waals surface area contributed by atoms with Crippen molar-refractivity contribution in [2.75, 3.05) is 23.8 Å². The summed E-state index contributed by atoms with van der Waals surface area (Å²) in [6.45, 7) is 3.44. The Kier molecular flexibility index (Phi) is 4.94. The van der Waals surface area contributed by atoms with E-state index in [1.165, 1.54) is 0 Å². The van der Waals surface area contributed by atoms with Crippen molar-refractivity contribution < 1.29 is 12.8 Å². The third-order valence-electron chi connectivity index (χ3n) is 3.31. The third kappa shape index (κ3) is 3.53. The summed E-state index contributed by atoms with van der Waals surface area (Å²) < 4.78 is 29.7. The number of hydrogen-bond acceptors (Lipinski definition) is 6. The molecule has 1 fully saturated rings. The van der Waals surface area contributed by atoms with Crippen LogP contribution in [-0.4, -0.2) is 42.5 Å². The Morgan fingerprint density at radius 1 is 1.58 bits per heavy atom. The van der Waals surface area contributed by atoms with Crippen LogP contribution in [0.2, 0.25) is 0 Å². The number of rotatable bonds is 5. The zero-order valence-electron chi connectivity index (χ0n) is 11.0. The number of furan rings is 1. The number of thioether (sulfide) groups is 1. The summed E-state index contributed by atoms with van der Waals surface area (Å²) in [5.41, 5.74) is 6.48. The SMILES string of the molecule is CCS(=O)(=O)C1CSCCN1Cc1cc(CN)co1. The molecule has 0 saturated carbocycles. The highest BCUT2D eigenvalue weighted by Gasteiger charge is 2.33. The van der Waals surface area contributed by atoms with Crippen molar-refractivity contribution in [2.45, 2.75) is 25.4 Å². The molecule has 1 unspecified atom stereocenters. The van der Waals surface area contributed by atoms with Gasteiger partial charge < -0.3 is 10.2 Å². The van der Waals surface area contributed by atoms with Gasteiger partial charge in [-0.15, -0.1) is 0 Å². The highest BCUT2D eigenvalue weighted by molar-refractivity contribution is 8.01. The van der Waals surface area contributed by atoms with Gasteiger partial charge in [0.2, 0.25) is 0 Å². The first-order valence-electron chi connectivity index (χ1n) is 6.36. The second-order valence-corrected chi connectivity index (χ2v) is 8.17.